The number of aromatic carboxylic acids is 1. The Labute approximate surface area is 112 Å². The van der Waals surface area contributed by atoms with Crippen LogP contribution in [0.5, 0.6) is 0 Å². The van der Waals surface area contributed by atoms with E-state index in [1.165, 1.54) is 24.3 Å². The first-order chi connectivity index (χ1) is 9.30. The number of rotatable bonds is 2. The Morgan fingerprint density at radius 3 is 2.45 bits per heavy atom. The zero-order valence-electron chi connectivity index (χ0n) is 10.4. The highest BCUT2D eigenvalue weighted by molar-refractivity contribution is 5.96. The van der Waals surface area contributed by atoms with Gasteiger partial charge >= 0.3 is 12.1 Å². The van der Waals surface area contributed by atoms with E-state index >= 15 is 0 Å². The molecule has 0 radical (unpaired) electrons. The number of benzene rings is 1. The molecular weight excluding hydrogens is 271 g/mol. The second kappa shape index (κ2) is 4.96. The number of aryl methyl sites for hydroxylation is 1. The SMILES string of the molecule is Cc1cc(-c2ccccc2C(F)(F)F)c(C(=O)O)cn1. The third-order valence-corrected chi connectivity index (χ3v) is 2.79. The van der Waals surface area contributed by atoms with E-state index in [1.807, 2.05) is 0 Å². The standard InChI is InChI=1S/C14H10F3NO2/c1-8-6-10(11(7-18-8)13(19)20)9-4-2-3-5-12(9)14(15,16)17/h2-7H,1H3,(H,19,20). The van der Waals surface area contributed by atoms with E-state index in [4.69, 9.17) is 5.11 Å². The fraction of sp³-hybridized carbons (Fsp3) is 0.143. The van der Waals surface area contributed by atoms with Gasteiger partial charge in [-0.05, 0) is 24.6 Å². The molecule has 0 fully saturated rings. The molecule has 1 aromatic carbocycles. The van der Waals surface area contributed by atoms with Gasteiger partial charge in [-0.15, -0.1) is 0 Å². The number of alkyl halides is 3. The minimum Gasteiger partial charge on any atom is -0.478 e. The van der Waals surface area contributed by atoms with Crippen LogP contribution in [0, 0.1) is 6.92 Å². The Bertz CT molecular complexity index is 666. The van der Waals surface area contributed by atoms with E-state index in [2.05, 4.69) is 4.98 Å². The summed E-state index contributed by atoms with van der Waals surface area (Å²) in [5.41, 5.74) is -0.830. The predicted octanol–water partition coefficient (Wildman–Crippen LogP) is 3.77. The molecule has 0 saturated heterocycles. The number of hydrogen-bond acceptors (Lipinski definition) is 2. The fourth-order valence-electron chi connectivity index (χ4n) is 1.92. The Balaban J connectivity index is 2.75. The van der Waals surface area contributed by atoms with Crippen molar-refractivity contribution in [3.05, 3.63) is 53.3 Å². The number of carboxylic acids is 1. The number of carboxylic acid groups (broad SMARTS) is 1. The summed E-state index contributed by atoms with van der Waals surface area (Å²) in [6, 6.07) is 6.22. The van der Waals surface area contributed by atoms with Gasteiger partial charge in [-0.1, -0.05) is 18.2 Å². The first-order valence-corrected chi connectivity index (χ1v) is 5.67. The molecule has 0 spiro atoms. The minimum absolute atomic E-state index is 0.0120. The Morgan fingerprint density at radius 2 is 1.85 bits per heavy atom. The molecule has 0 bridgehead atoms. The monoisotopic (exact) mass is 281 g/mol. The number of pyridine rings is 1. The first-order valence-electron chi connectivity index (χ1n) is 5.67. The number of halogens is 3. The lowest BCUT2D eigenvalue weighted by molar-refractivity contribution is -0.137. The summed E-state index contributed by atoms with van der Waals surface area (Å²) < 4.78 is 39.0. The van der Waals surface area contributed by atoms with Gasteiger partial charge in [0.15, 0.2) is 0 Å². The van der Waals surface area contributed by atoms with Gasteiger partial charge in [-0.25, -0.2) is 4.79 Å². The number of carbonyl (C=O) groups is 1. The molecule has 0 atom stereocenters. The molecule has 0 aliphatic heterocycles. The highest BCUT2D eigenvalue weighted by Crippen LogP contribution is 2.38. The Kier molecular flexibility index (Phi) is 3.48. The van der Waals surface area contributed by atoms with Crippen molar-refractivity contribution in [1.82, 2.24) is 4.98 Å². The van der Waals surface area contributed by atoms with Crippen LogP contribution in [0.1, 0.15) is 21.6 Å². The zero-order chi connectivity index (χ0) is 14.9. The molecule has 1 aromatic heterocycles. The molecule has 0 saturated carbocycles. The van der Waals surface area contributed by atoms with Gasteiger partial charge in [0.2, 0.25) is 0 Å². The molecule has 1 N–H and O–H groups in total. The molecule has 2 rings (SSSR count). The van der Waals surface area contributed by atoms with Crippen molar-refractivity contribution in [3.8, 4) is 11.1 Å². The topological polar surface area (TPSA) is 50.2 Å². The van der Waals surface area contributed by atoms with Gasteiger partial charge in [0.1, 0.15) is 0 Å². The molecule has 2 aromatic rings. The molecule has 6 heteroatoms. The number of hydrogen-bond donors (Lipinski definition) is 1. The van der Waals surface area contributed by atoms with Crippen molar-refractivity contribution in [2.24, 2.45) is 0 Å². The van der Waals surface area contributed by atoms with Gasteiger partial charge in [0.05, 0.1) is 11.1 Å². The molecule has 0 amide bonds. The molecular formula is C14H10F3NO2. The van der Waals surface area contributed by atoms with Gasteiger partial charge < -0.3 is 5.11 Å². The van der Waals surface area contributed by atoms with E-state index < -0.39 is 17.7 Å². The van der Waals surface area contributed by atoms with Crippen LogP contribution in [-0.4, -0.2) is 16.1 Å². The van der Waals surface area contributed by atoms with Gasteiger partial charge in [0, 0.05) is 17.5 Å². The molecule has 104 valence electrons. The van der Waals surface area contributed by atoms with E-state index in [1.54, 1.807) is 6.92 Å². The molecule has 0 aliphatic rings. The normalized spacial score (nSPS) is 11.4. The highest BCUT2D eigenvalue weighted by atomic mass is 19.4. The van der Waals surface area contributed by atoms with Gasteiger partial charge in [-0.2, -0.15) is 13.2 Å². The largest absolute Gasteiger partial charge is 0.478 e. The third-order valence-electron chi connectivity index (χ3n) is 2.79. The summed E-state index contributed by atoms with van der Waals surface area (Å²) in [6.07, 6.45) is -3.48. The zero-order valence-corrected chi connectivity index (χ0v) is 10.4. The van der Waals surface area contributed by atoms with Crippen LogP contribution in [0.2, 0.25) is 0 Å². The summed E-state index contributed by atoms with van der Waals surface area (Å²) >= 11 is 0. The second-order valence-corrected chi connectivity index (χ2v) is 4.22. The minimum atomic E-state index is -4.55. The lowest BCUT2D eigenvalue weighted by Crippen LogP contribution is -2.09. The van der Waals surface area contributed by atoms with Crippen LogP contribution in [-0.2, 0) is 6.18 Å². The third kappa shape index (κ3) is 2.64. The van der Waals surface area contributed by atoms with Crippen molar-refractivity contribution >= 4 is 5.97 Å². The summed E-state index contributed by atoms with van der Waals surface area (Å²) in [4.78, 5) is 15.0. The summed E-state index contributed by atoms with van der Waals surface area (Å²) in [6.45, 7) is 1.59. The average Bonchev–Trinajstić information content (AvgIpc) is 2.37. The Hall–Kier alpha value is -2.37. The van der Waals surface area contributed by atoms with E-state index in [-0.39, 0.29) is 16.7 Å². The predicted molar refractivity (Wildman–Crippen MR) is 66.4 cm³/mol. The van der Waals surface area contributed by atoms with Crippen molar-refractivity contribution in [1.29, 1.82) is 0 Å². The fourth-order valence-corrected chi connectivity index (χ4v) is 1.92. The second-order valence-electron chi connectivity index (χ2n) is 4.22. The van der Waals surface area contributed by atoms with E-state index in [0.29, 0.717) is 5.69 Å². The summed E-state index contributed by atoms with van der Waals surface area (Å²) in [5, 5.41) is 9.09. The molecule has 1 heterocycles. The first kappa shape index (κ1) is 14.0. The molecule has 0 unspecified atom stereocenters. The van der Waals surface area contributed by atoms with Crippen LogP contribution >= 0.6 is 0 Å². The summed E-state index contributed by atoms with van der Waals surface area (Å²) in [5.74, 6) is -1.32. The van der Waals surface area contributed by atoms with Crippen LogP contribution in [0.4, 0.5) is 13.2 Å². The van der Waals surface area contributed by atoms with Crippen LogP contribution in [0.25, 0.3) is 11.1 Å². The molecule has 20 heavy (non-hydrogen) atoms. The van der Waals surface area contributed by atoms with Gasteiger partial charge in [0.25, 0.3) is 0 Å². The lowest BCUT2D eigenvalue weighted by atomic mass is 9.96. The van der Waals surface area contributed by atoms with Crippen LogP contribution in [0.15, 0.2) is 36.5 Å². The smallest absolute Gasteiger partial charge is 0.417 e. The molecule has 0 aliphatic carbocycles. The maximum Gasteiger partial charge on any atom is 0.417 e. The average molecular weight is 281 g/mol. The van der Waals surface area contributed by atoms with Crippen LogP contribution < -0.4 is 0 Å². The lowest BCUT2D eigenvalue weighted by Gasteiger charge is -2.14. The number of aromatic nitrogens is 1. The van der Waals surface area contributed by atoms with Gasteiger partial charge in [-0.3, -0.25) is 4.98 Å². The van der Waals surface area contributed by atoms with E-state index in [9.17, 15) is 18.0 Å². The van der Waals surface area contributed by atoms with Crippen LogP contribution in [0.3, 0.4) is 0 Å². The van der Waals surface area contributed by atoms with Crippen molar-refractivity contribution in [2.45, 2.75) is 13.1 Å². The molecule has 3 nitrogen and oxygen atoms in total. The number of nitrogens with zero attached hydrogens (tertiary/aromatic N) is 1. The van der Waals surface area contributed by atoms with Crippen molar-refractivity contribution < 1.29 is 23.1 Å². The van der Waals surface area contributed by atoms with Crippen molar-refractivity contribution in [3.63, 3.8) is 0 Å². The van der Waals surface area contributed by atoms with Crippen molar-refractivity contribution in [2.75, 3.05) is 0 Å². The van der Waals surface area contributed by atoms with E-state index in [0.717, 1.165) is 12.3 Å². The Morgan fingerprint density at radius 1 is 1.20 bits per heavy atom. The highest BCUT2D eigenvalue weighted by Gasteiger charge is 2.34. The summed E-state index contributed by atoms with van der Waals surface area (Å²) in [7, 11) is 0. The maximum absolute atomic E-state index is 13.0. The quantitative estimate of drug-likeness (QED) is 0.911. The maximum atomic E-state index is 13.0.